The molecule has 4 N–H and O–H groups in total. The molecule has 30 heavy (non-hydrogen) atoms. The van der Waals surface area contributed by atoms with Gasteiger partial charge in [-0.05, 0) is 148 Å². The van der Waals surface area contributed by atoms with Crippen LogP contribution < -0.4 is 10.6 Å². The molecule has 0 radical (unpaired) electrons. The van der Waals surface area contributed by atoms with Crippen LogP contribution in [-0.4, -0.2) is 34.0 Å². The molecule has 0 fully saturated rings. The fraction of sp³-hybridized carbons (Fsp3) is 0. The number of halogens is 6. The van der Waals surface area contributed by atoms with Crippen LogP contribution in [0.3, 0.4) is 0 Å². The molecule has 2 amide bonds. The van der Waals surface area contributed by atoms with Gasteiger partial charge in [0.2, 0.25) is 0 Å². The van der Waals surface area contributed by atoms with E-state index >= 15 is 0 Å². The highest BCUT2D eigenvalue weighted by Gasteiger charge is 2.25. The van der Waals surface area contributed by atoms with Crippen molar-refractivity contribution in [2.45, 2.75) is 0 Å². The Morgan fingerprint density at radius 3 is 1.17 bits per heavy atom. The number of anilines is 2. The number of carbonyl (C=O) groups excluding carboxylic acids is 2. The molecule has 0 heterocycles. The second-order valence-corrected chi connectivity index (χ2v) is 12.1. The lowest BCUT2D eigenvalue weighted by Crippen LogP contribution is -2.31. The number of nitrogens with one attached hydrogen (secondary N) is 2. The summed E-state index contributed by atoms with van der Waals surface area (Å²) in [6.07, 6.45) is 0. The van der Waals surface area contributed by atoms with Crippen LogP contribution in [0.2, 0.25) is 0 Å². The van der Waals surface area contributed by atoms with E-state index in [0.29, 0.717) is 21.4 Å². The van der Waals surface area contributed by atoms with Crippen molar-refractivity contribution in [3.05, 3.63) is 44.7 Å². The van der Waals surface area contributed by atoms with Gasteiger partial charge in [0.05, 0.1) is 29.6 Å². The summed E-state index contributed by atoms with van der Waals surface area (Å²) in [5.74, 6) is -4.32. The second-order valence-electron chi connectivity index (χ2n) is 5.33. The molecule has 0 aliphatic rings. The first kappa shape index (κ1) is 26.9. The smallest absolute Gasteiger partial charge is 0.337 e. The molecule has 8 nitrogen and oxygen atoms in total. The number of carboxylic acid groups (broad SMARTS) is 2. The Morgan fingerprint density at radius 1 is 0.600 bits per heavy atom. The summed E-state index contributed by atoms with van der Waals surface area (Å²) in [5, 5.41) is 23.7. The second kappa shape index (κ2) is 11.2. The minimum absolute atomic E-state index is 0.0279. The van der Waals surface area contributed by atoms with Gasteiger partial charge in [-0.25, -0.2) is 9.59 Å². The Kier molecular flexibility index (Phi) is 10.1. The lowest BCUT2D eigenvalue weighted by atomic mass is 10.2. The summed E-state index contributed by atoms with van der Waals surface area (Å²) in [6, 6.07) is 3.18. The topological polar surface area (TPSA) is 133 Å². The van der Waals surface area contributed by atoms with Crippen LogP contribution in [0.15, 0.2) is 12.1 Å². The van der Waals surface area contributed by atoms with Crippen LogP contribution in [0.4, 0.5) is 11.4 Å². The molecule has 0 atom stereocenters. The van der Waals surface area contributed by atoms with Crippen LogP contribution in [0.5, 0.6) is 0 Å². The largest absolute Gasteiger partial charge is 0.478 e. The Morgan fingerprint density at radius 2 is 0.900 bits per heavy atom. The molecule has 14 heteroatoms. The van der Waals surface area contributed by atoms with E-state index in [4.69, 9.17) is 0 Å². The summed E-state index contributed by atoms with van der Waals surface area (Å²) < 4.78 is 2.73. The number of benzene rings is 2. The van der Waals surface area contributed by atoms with Gasteiger partial charge in [0.1, 0.15) is 0 Å². The maximum Gasteiger partial charge on any atom is 0.337 e. The predicted octanol–water partition coefficient (Wildman–Crippen LogP) is 5.29. The van der Waals surface area contributed by atoms with Crippen molar-refractivity contribution in [3.63, 3.8) is 0 Å². The zero-order valence-corrected chi connectivity index (χ0v) is 26.9. The highest BCUT2D eigenvalue weighted by Crippen LogP contribution is 2.33. The average Bonchev–Trinajstić information content (AvgIpc) is 2.60. The van der Waals surface area contributed by atoms with Crippen LogP contribution in [0, 0.1) is 21.4 Å². The number of amides is 2. The number of hydrogen-bond donors (Lipinski definition) is 4. The van der Waals surface area contributed by atoms with Gasteiger partial charge in [-0.3, -0.25) is 9.59 Å². The standard InChI is InChI=1S/C16H6I6N2O6/c17-3-1-5(19)11(9(21)7(3)15(27)28)23-13(25)14(26)24-12-6(20)2-4(18)8(10(12)22)16(29)30/h1-2H,(H,23,25)(H,24,26)(H,27,28)(H,29,30). The number of aromatic carboxylic acids is 2. The van der Waals surface area contributed by atoms with Crippen molar-refractivity contribution in [1.82, 2.24) is 0 Å². The van der Waals surface area contributed by atoms with Crippen molar-refractivity contribution >= 4 is 171 Å². The first-order valence-corrected chi connectivity index (χ1v) is 13.8. The van der Waals surface area contributed by atoms with Gasteiger partial charge >= 0.3 is 23.8 Å². The van der Waals surface area contributed by atoms with E-state index in [0.717, 1.165) is 0 Å². The molecule has 0 aromatic heterocycles. The Balaban J connectivity index is 2.37. The third-order valence-corrected chi connectivity index (χ3v) is 9.01. The van der Waals surface area contributed by atoms with Gasteiger partial charge in [0.25, 0.3) is 0 Å². The maximum absolute atomic E-state index is 12.5. The van der Waals surface area contributed by atoms with Crippen LogP contribution in [0.1, 0.15) is 20.7 Å². The highest BCUT2D eigenvalue weighted by molar-refractivity contribution is 14.1. The summed E-state index contributed by atoms with van der Waals surface area (Å²) in [5.41, 5.74) is 0.486. The number of hydrogen-bond acceptors (Lipinski definition) is 4. The molecule has 2 aromatic rings. The monoisotopic (exact) mass is 1080 g/mol. The zero-order chi connectivity index (χ0) is 22.9. The molecule has 0 aliphatic heterocycles. The lowest BCUT2D eigenvalue weighted by Gasteiger charge is -2.15. The van der Waals surface area contributed by atoms with Crippen molar-refractivity contribution in [1.29, 1.82) is 0 Å². The quantitative estimate of drug-likeness (QED) is 0.244. The lowest BCUT2D eigenvalue weighted by molar-refractivity contribution is -0.133. The van der Waals surface area contributed by atoms with E-state index < -0.39 is 23.8 Å². The molecule has 0 bridgehead atoms. The van der Waals surface area contributed by atoms with Crippen molar-refractivity contribution in [2.24, 2.45) is 0 Å². The molecule has 0 spiro atoms. The molecule has 0 unspecified atom stereocenters. The molecular formula is C16H6I6N2O6. The van der Waals surface area contributed by atoms with Crippen molar-refractivity contribution in [3.8, 4) is 0 Å². The predicted molar refractivity (Wildman–Crippen MR) is 160 cm³/mol. The first-order valence-electron chi connectivity index (χ1n) is 7.30. The third-order valence-electron chi connectivity index (χ3n) is 3.45. The van der Waals surface area contributed by atoms with Gasteiger partial charge in [0, 0.05) is 14.3 Å². The minimum Gasteiger partial charge on any atom is -0.478 e. The molecular weight excluding hydrogens is 1080 g/mol. The van der Waals surface area contributed by atoms with E-state index in [2.05, 4.69) is 10.6 Å². The van der Waals surface area contributed by atoms with Crippen LogP contribution in [-0.2, 0) is 9.59 Å². The van der Waals surface area contributed by atoms with Gasteiger partial charge in [0.15, 0.2) is 0 Å². The van der Waals surface area contributed by atoms with Gasteiger partial charge in [-0.2, -0.15) is 0 Å². The Bertz CT molecular complexity index is 1030. The third kappa shape index (κ3) is 5.98. The van der Waals surface area contributed by atoms with E-state index in [1.807, 2.05) is 136 Å². The fourth-order valence-electron chi connectivity index (χ4n) is 2.14. The van der Waals surface area contributed by atoms with E-state index in [1.54, 1.807) is 12.1 Å². The van der Waals surface area contributed by atoms with E-state index in [-0.39, 0.29) is 22.5 Å². The average molecular weight is 1080 g/mol. The highest BCUT2D eigenvalue weighted by atomic mass is 127. The van der Waals surface area contributed by atoms with E-state index in [9.17, 15) is 29.4 Å². The number of carboxylic acids is 2. The zero-order valence-electron chi connectivity index (χ0n) is 13.9. The van der Waals surface area contributed by atoms with Crippen LogP contribution in [0.25, 0.3) is 0 Å². The minimum atomic E-state index is -1.15. The SMILES string of the molecule is O=C(Nc1c(I)cc(I)c(C(=O)O)c1I)C(=O)Nc1c(I)cc(I)c(C(=O)O)c1I. The number of rotatable bonds is 4. The normalized spacial score (nSPS) is 10.5. The molecule has 0 saturated carbocycles. The fourth-order valence-corrected chi connectivity index (χ4v) is 10.3. The summed E-state index contributed by atoms with van der Waals surface area (Å²) in [6.45, 7) is 0. The van der Waals surface area contributed by atoms with Crippen molar-refractivity contribution < 1.29 is 29.4 Å². The molecule has 2 aromatic carbocycles. The summed E-state index contributed by atoms with van der Waals surface area (Å²) in [4.78, 5) is 48.0. The van der Waals surface area contributed by atoms with Gasteiger partial charge < -0.3 is 20.8 Å². The van der Waals surface area contributed by atoms with Crippen molar-refractivity contribution in [2.75, 3.05) is 10.6 Å². The molecule has 2 rings (SSSR count). The van der Waals surface area contributed by atoms with Gasteiger partial charge in [-0.15, -0.1) is 0 Å². The van der Waals surface area contributed by atoms with E-state index in [1.165, 1.54) is 0 Å². The summed E-state index contributed by atoms with van der Waals surface area (Å²) >= 11 is 11.3. The Labute approximate surface area is 251 Å². The van der Waals surface area contributed by atoms with Gasteiger partial charge in [-0.1, -0.05) is 0 Å². The van der Waals surface area contributed by atoms with Crippen LogP contribution >= 0.6 is 136 Å². The maximum atomic E-state index is 12.5. The number of carbonyl (C=O) groups is 4. The molecule has 158 valence electrons. The summed E-state index contributed by atoms with van der Waals surface area (Å²) in [7, 11) is 0. The first-order chi connectivity index (χ1) is 13.9. The Hall–Kier alpha value is 0.700. The molecule has 0 aliphatic carbocycles. The molecule has 0 saturated heterocycles.